The highest BCUT2D eigenvalue weighted by molar-refractivity contribution is 5.94. The van der Waals surface area contributed by atoms with Crippen molar-refractivity contribution in [2.45, 2.75) is 77.9 Å². The largest absolute Gasteiger partial charge is 0.392 e. The molecule has 1 aliphatic heterocycles. The minimum atomic E-state index is -0.549. The number of carbonyl (C=O) groups excluding carboxylic acids is 2. The molecule has 0 unspecified atom stereocenters. The Balaban J connectivity index is 1.46. The first kappa shape index (κ1) is 24.7. The first-order chi connectivity index (χ1) is 16.2. The Morgan fingerprint density at radius 2 is 1.79 bits per heavy atom. The van der Waals surface area contributed by atoms with Gasteiger partial charge in [-0.3, -0.25) is 9.59 Å². The van der Waals surface area contributed by atoms with Gasteiger partial charge in [0.2, 0.25) is 5.91 Å². The molecule has 1 aromatic carbocycles. The Labute approximate surface area is 203 Å². The van der Waals surface area contributed by atoms with Crippen molar-refractivity contribution in [2.24, 2.45) is 29.1 Å². The van der Waals surface area contributed by atoms with Gasteiger partial charge in [0.1, 0.15) is 0 Å². The number of aliphatic hydroxyl groups excluding tert-OH is 1. The lowest BCUT2D eigenvalue weighted by atomic mass is 9.51. The lowest BCUT2D eigenvalue weighted by Gasteiger charge is -2.56. The monoisotopic (exact) mass is 465 g/mol. The molecule has 3 fully saturated rings. The first-order valence-corrected chi connectivity index (χ1v) is 13.0. The van der Waals surface area contributed by atoms with Gasteiger partial charge in [-0.1, -0.05) is 20.8 Å². The van der Waals surface area contributed by atoms with Crippen molar-refractivity contribution in [3.05, 3.63) is 35.4 Å². The van der Waals surface area contributed by atoms with Crippen molar-refractivity contribution in [2.75, 3.05) is 13.1 Å². The van der Waals surface area contributed by atoms with Crippen molar-refractivity contribution >= 4 is 11.8 Å². The molecule has 7 atom stereocenters. The van der Waals surface area contributed by atoms with Gasteiger partial charge in [-0.2, -0.15) is 5.26 Å². The Hall–Kier alpha value is -2.39. The molecule has 2 N–H and O–H groups in total. The SMILES string of the molecule is C[C@@H]1[C@@H]2[C@@H](O)[C@H]([C@H](C)C(=O)N3CCCCC3)CC[C@]2(C)CC[C@@H]1NC(=O)c1ccc(C#N)cc1. The molecule has 1 saturated heterocycles. The number of nitriles is 1. The molecule has 4 rings (SSSR count). The van der Waals surface area contributed by atoms with E-state index in [1.807, 2.05) is 11.8 Å². The lowest BCUT2D eigenvalue weighted by molar-refractivity contribution is -0.150. The summed E-state index contributed by atoms with van der Waals surface area (Å²) < 4.78 is 0. The molecule has 2 saturated carbocycles. The van der Waals surface area contributed by atoms with Gasteiger partial charge in [-0.05, 0) is 92.4 Å². The molecular formula is C28H39N3O3. The third-order valence-electron chi connectivity index (χ3n) is 9.18. The molecule has 34 heavy (non-hydrogen) atoms. The molecule has 0 aromatic heterocycles. The Kier molecular flexibility index (Phi) is 7.33. The van der Waals surface area contributed by atoms with Gasteiger partial charge in [0.15, 0.2) is 0 Å². The number of amides is 2. The molecular weight excluding hydrogens is 426 g/mol. The molecule has 6 heteroatoms. The van der Waals surface area contributed by atoms with E-state index >= 15 is 0 Å². The third-order valence-corrected chi connectivity index (χ3v) is 9.18. The maximum absolute atomic E-state index is 13.2. The predicted molar refractivity (Wildman–Crippen MR) is 131 cm³/mol. The van der Waals surface area contributed by atoms with Gasteiger partial charge in [-0.15, -0.1) is 0 Å². The molecule has 3 aliphatic rings. The Bertz CT molecular complexity index is 933. The molecule has 184 valence electrons. The number of hydrogen-bond donors (Lipinski definition) is 2. The van der Waals surface area contributed by atoms with Crippen LogP contribution < -0.4 is 5.32 Å². The molecule has 2 aliphatic carbocycles. The average Bonchev–Trinajstić information content (AvgIpc) is 2.85. The highest BCUT2D eigenvalue weighted by Crippen LogP contribution is 2.55. The van der Waals surface area contributed by atoms with Crippen LogP contribution in [0.15, 0.2) is 24.3 Å². The number of carbonyl (C=O) groups is 2. The molecule has 1 aromatic rings. The zero-order valence-corrected chi connectivity index (χ0v) is 20.8. The fourth-order valence-corrected chi connectivity index (χ4v) is 7.03. The van der Waals surface area contributed by atoms with Gasteiger partial charge < -0.3 is 15.3 Å². The van der Waals surface area contributed by atoms with E-state index in [1.165, 1.54) is 6.42 Å². The maximum atomic E-state index is 13.2. The smallest absolute Gasteiger partial charge is 0.251 e. The minimum Gasteiger partial charge on any atom is -0.392 e. The molecule has 0 bridgehead atoms. The standard InChI is InChI=1S/C28H39N3O3/c1-18(27(34)31-15-5-4-6-16-31)22-11-13-28(3)14-12-23(19(2)24(28)25(22)32)30-26(33)21-9-7-20(17-29)8-10-21/h7-10,18-19,22-25,32H,4-6,11-16H2,1-3H3,(H,30,33)/t18-,19-,22-,23-,24+,25-,28+/m0/s1. The van der Waals surface area contributed by atoms with Crippen LogP contribution in [0.5, 0.6) is 0 Å². The van der Waals surface area contributed by atoms with Crippen LogP contribution in [0.25, 0.3) is 0 Å². The van der Waals surface area contributed by atoms with E-state index in [2.05, 4.69) is 25.2 Å². The Morgan fingerprint density at radius 1 is 1.15 bits per heavy atom. The van der Waals surface area contributed by atoms with Gasteiger partial charge in [0.05, 0.1) is 17.7 Å². The molecule has 6 nitrogen and oxygen atoms in total. The zero-order chi connectivity index (χ0) is 24.5. The molecule has 1 heterocycles. The van der Waals surface area contributed by atoms with E-state index in [9.17, 15) is 14.7 Å². The van der Waals surface area contributed by atoms with Crippen LogP contribution in [0.3, 0.4) is 0 Å². The summed E-state index contributed by atoms with van der Waals surface area (Å²) in [4.78, 5) is 28.1. The normalized spacial score (nSPS) is 34.4. The molecule has 0 radical (unpaired) electrons. The van der Waals surface area contributed by atoms with Crippen LogP contribution in [-0.2, 0) is 4.79 Å². The number of nitrogens with zero attached hydrogens (tertiary/aromatic N) is 2. The third kappa shape index (κ3) is 4.73. The number of aliphatic hydroxyl groups is 1. The number of benzene rings is 1. The highest BCUT2D eigenvalue weighted by atomic mass is 16.3. The zero-order valence-electron chi connectivity index (χ0n) is 20.8. The highest BCUT2D eigenvalue weighted by Gasteiger charge is 2.54. The van der Waals surface area contributed by atoms with Crippen molar-refractivity contribution in [3.8, 4) is 6.07 Å². The quantitative estimate of drug-likeness (QED) is 0.699. The van der Waals surface area contributed by atoms with Gasteiger partial charge in [0.25, 0.3) is 5.91 Å². The van der Waals surface area contributed by atoms with Crippen molar-refractivity contribution in [3.63, 3.8) is 0 Å². The van der Waals surface area contributed by atoms with Gasteiger partial charge in [0, 0.05) is 30.6 Å². The summed E-state index contributed by atoms with van der Waals surface area (Å²) in [5, 5.41) is 23.8. The topological polar surface area (TPSA) is 93.4 Å². The van der Waals surface area contributed by atoms with Crippen LogP contribution >= 0.6 is 0 Å². The second-order valence-corrected chi connectivity index (χ2v) is 11.2. The van der Waals surface area contributed by atoms with E-state index in [1.54, 1.807) is 24.3 Å². The fourth-order valence-electron chi connectivity index (χ4n) is 7.03. The summed E-state index contributed by atoms with van der Waals surface area (Å²) in [5.74, 6) is -0.0117. The van der Waals surface area contributed by atoms with E-state index in [0.29, 0.717) is 11.1 Å². The van der Waals surface area contributed by atoms with Crippen LogP contribution in [0.2, 0.25) is 0 Å². The molecule has 0 spiro atoms. The summed E-state index contributed by atoms with van der Waals surface area (Å²) >= 11 is 0. The van der Waals surface area contributed by atoms with Crippen LogP contribution in [-0.4, -0.2) is 47.1 Å². The summed E-state index contributed by atoms with van der Waals surface area (Å²) in [6.45, 7) is 8.11. The number of nitrogens with one attached hydrogen (secondary N) is 1. The van der Waals surface area contributed by atoms with Crippen molar-refractivity contribution < 1.29 is 14.7 Å². The minimum absolute atomic E-state index is 0.0253. The maximum Gasteiger partial charge on any atom is 0.251 e. The second kappa shape index (κ2) is 10.1. The lowest BCUT2D eigenvalue weighted by Crippen LogP contribution is -2.58. The number of piperidine rings is 1. The van der Waals surface area contributed by atoms with Crippen LogP contribution in [0.1, 0.15) is 81.6 Å². The Morgan fingerprint density at radius 3 is 2.44 bits per heavy atom. The van der Waals surface area contributed by atoms with Crippen LogP contribution in [0.4, 0.5) is 0 Å². The van der Waals surface area contributed by atoms with E-state index in [0.717, 1.165) is 51.6 Å². The number of fused-ring (bicyclic) bond motifs is 1. The summed E-state index contributed by atoms with van der Waals surface area (Å²) in [5.41, 5.74) is 1.10. The van der Waals surface area contributed by atoms with Gasteiger partial charge in [-0.25, -0.2) is 0 Å². The summed E-state index contributed by atoms with van der Waals surface area (Å²) in [7, 11) is 0. The molecule has 2 amide bonds. The second-order valence-electron chi connectivity index (χ2n) is 11.2. The fraction of sp³-hybridized carbons (Fsp3) is 0.679. The summed E-state index contributed by atoms with van der Waals surface area (Å²) in [6.07, 6.45) is 6.52. The van der Waals surface area contributed by atoms with E-state index < -0.39 is 6.10 Å². The number of hydrogen-bond acceptors (Lipinski definition) is 4. The number of rotatable bonds is 4. The van der Waals surface area contributed by atoms with Crippen molar-refractivity contribution in [1.82, 2.24) is 10.2 Å². The van der Waals surface area contributed by atoms with E-state index in [-0.39, 0.29) is 46.9 Å². The van der Waals surface area contributed by atoms with Crippen LogP contribution in [0, 0.1) is 40.4 Å². The average molecular weight is 466 g/mol. The summed E-state index contributed by atoms with van der Waals surface area (Å²) in [6, 6.07) is 8.74. The first-order valence-electron chi connectivity index (χ1n) is 13.0. The van der Waals surface area contributed by atoms with E-state index in [4.69, 9.17) is 5.26 Å². The predicted octanol–water partition coefficient (Wildman–Crippen LogP) is 4.13. The van der Waals surface area contributed by atoms with Gasteiger partial charge >= 0.3 is 0 Å². The number of likely N-dealkylation sites (tertiary alicyclic amines) is 1. The van der Waals surface area contributed by atoms with Crippen molar-refractivity contribution in [1.29, 1.82) is 5.26 Å².